The molecule has 6 aliphatic carbocycles. The lowest BCUT2D eigenvalue weighted by Gasteiger charge is -2.91. The van der Waals surface area contributed by atoms with Gasteiger partial charge in [-0.05, 0) is 71.5 Å². The smallest absolute Gasteiger partial charge is 0.246 e. The first-order chi connectivity index (χ1) is 11.9. The Morgan fingerprint density at radius 1 is 0.840 bits per heavy atom. The second kappa shape index (κ2) is 3.11. The van der Waals surface area contributed by atoms with Crippen LogP contribution in [0.3, 0.4) is 0 Å². The molecule has 8 aliphatic rings. The minimum atomic E-state index is 0.0280. The van der Waals surface area contributed by atoms with Gasteiger partial charge < -0.3 is 0 Å². The van der Waals surface area contributed by atoms with E-state index < -0.39 is 0 Å². The second-order valence-corrected chi connectivity index (χ2v) is 11.2. The molecular formula is C20H25N3O2. The van der Waals surface area contributed by atoms with E-state index in [0.29, 0.717) is 18.0 Å². The zero-order chi connectivity index (χ0) is 16.8. The van der Waals surface area contributed by atoms with Crippen LogP contribution in [0.15, 0.2) is 9.59 Å². The number of fused-ring (bicyclic) bond motifs is 2. The third-order valence-corrected chi connectivity index (χ3v) is 11.3. The van der Waals surface area contributed by atoms with Crippen molar-refractivity contribution in [3.8, 4) is 0 Å². The van der Waals surface area contributed by atoms with Crippen molar-refractivity contribution in [2.24, 2.45) is 52.3 Å². The molecule has 5 nitrogen and oxygen atoms in total. The summed E-state index contributed by atoms with van der Waals surface area (Å²) in [7, 11) is 0. The molecule has 9 rings (SSSR count). The molecule has 2 aliphatic heterocycles. The Morgan fingerprint density at radius 2 is 1.36 bits per heavy atom. The summed E-state index contributed by atoms with van der Waals surface area (Å²) in [6.07, 6.45) is 3.43. The highest BCUT2D eigenvalue weighted by atomic mass is 16.2. The Hall–Kier alpha value is -1.26. The van der Waals surface area contributed by atoms with Crippen LogP contribution in [0.2, 0.25) is 0 Å². The lowest BCUT2D eigenvalue weighted by atomic mass is 9.16. The maximum absolute atomic E-state index is 13.4. The van der Waals surface area contributed by atoms with E-state index in [0.717, 1.165) is 48.3 Å². The van der Waals surface area contributed by atoms with Gasteiger partial charge in [-0.1, -0.05) is 20.8 Å². The summed E-state index contributed by atoms with van der Waals surface area (Å²) in [4.78, 5) is 26.9. The van der Waals surface area contributed by atoms with Gasteiger partial charge >= 0.3 is 11.4 Å². The monoisotopic (exact) mass is 339 g/mol. The first-order valence-electron chi connectivity index (χ1n) is 10.3. The molecule has 6 saturated carbocycles. The lowest BCUT2D eigenvalue weighted by Crippen LogP contribution is -2.91. The SMILES string of the molecule is CC1(C)[C@H]2CC[C@@]1(C)[C@H](n1c(=O)n3n(c1=O)C1[C@@H]4C5C6[C@@H]4C3[C@H]6[C@@H]51)C2. The van der Waals surface area contributed by atoms with Gasteiger partial charge in [-0.2, -0.15) is 0 Å². The Labute approximate surface area is 146 Å². The zero-order valence-electron chi connectivity index (χ0n) is 15.1. The van der Waals surface area contributed by atoms with Gasteiger partial charge in [0.25, 0.3) is 0 Å². The fourth-order valence-electron chi connectivity index (χ4n) is 9.82. The number of hydrogen-bond acceptors (Lipinski definition) is 2. The van der Waals surface area contributed by atoms with Gasteiger partial charge in [-0.25, -0.2) is 23.5 Å². The average molecular weight is 339 g/mol. The maximum atomic E-state index is 13.4. The molecule has 4 unspecified atom stereocenters. The third kappa shape index (κ3) is 0.875. The molecule has 3 heterocycles. The summed E-state index contributed by atoms with van der Waals surface area (Å²) in [6.45, 7) is 7.06. The van der Waals surface area contributed by atoms with E-state index >= 15 is 0 Å². The van der Waals surface area contributed by atoms with E-state index in [-0.39, 0.29) is 28.3 Å². The molecule has 0 spiro atoms. The number of nitrogens with zero attached hydrogens (tertiary/aromatic N) is 3. The average Bonchev–Trinajstić information content (AvgIpc) is 2.99. The normalized spacial score (nSPS) is 61.7. The van der Waals surface area contributed by atoms with Crippen molar-refractivity contribution in [2.45, 2.75) is 58.2 Å². The molecular weight excluding hydrogens is 314 g/mol. The minimum absolute atomic E-state index is 0.0280. The molecule has 6 fully saturated rings. The summed E-state index contributed by atoms with van der Waals surface area (Å²) in [5.74, 6) is 5.47. The lowest BCUT2D eigenvalue weighted by molar-refractivity contribution is -0.450. The summed E-state index contributed by atoms with van der Waals surface area (Å²) in [6, 6.07) is 0.845. The molecule has 0 aromatic carbocycles. The predicted molar refractivity (Wildman–Crippen MR) is 90.2 cm³/mol. The molecule has 0 N–H and O–H groups in total. The van der Waals surface area contributed by atoms with E-state index in [1.165, 1.54) is 6.42 Å². The van der Waals surface area contributed by atoms with Gasteiger partial charge in [0, 0.05) is 6.04 Å². The van der Waals surface area contributed by atoms with Crippen molar-refractivity contribution in [1.29, 1.82) is 0 Å². The standard InChI is InChI=1S/C20H25N3O2/c1-19(2)7-4-5-20(19,3)8(6-7)21-17(24)22-15-11-9-10-13(11)16(14(10)12(9)15)23(22)18(21)25/h7-16H,4-6H2,1-3H3/t7-,8+,9?,10?,11-,12+,13+,14+,15?,16?,20-/m0/s1. The first kappa shape index (κ1) is 13.0. The van der Waals surface area contributed by atoms with E-state index in [1.807, 2.05) is 9.36 Å². The van der Waals surface area contributed by atoms with Crippen LogP contribution in [0.25, 0.3) is 0 Å². The predicted octanol–water partition coefficient (Wildman–Crippen LogP) is 2.05. The number of rotatable bonds is 1. The summed E-state index contributed by atoms with van der Waals surface area (Å²) < 4.78 is 5.62. The van der Waals surface area contributed by atoms with Crippen LogP contribution >= 0.6 is 0 Å². The zero-order valence-corrected chi connectivity index (χ0v) is 15.1. The fourth-order valence-corrected chi connectivity index (χ4v) is 9.82. The molecule has 1 aromatic rings. The van der Waals surface area contributed by atoms with Crippen molar-refractivity contribution in [3.05, 3.63) is 21.0 Å². The highest BCUT2D eigenvalue weighted by Crippen LogP contribution is 2.91. The molecule has 11 atom stereocenters. The molecule has 5 heteroatoms. The molecule has 0 radical (unpaired) electrons. The topological polar surface area (TPSA) is 48.9 Å². The number of aromatic nitrogens is 3. The fraction of sp³-hybridized carbons (Fsp3) is 0.900. The third-order valence-electron chi connectivity index (χ3n) is 11.3. The molecule has 25 heavy (non-hydrogen) atoms. The van der Waals surface area contributed by atoms with Crippen LogP contribution in [-0.4, -0.2) is 13.9 Å². The molecule has 1 aromatic heterocycles. The van der Waals surface area contributed by atoms with Crippen LogP contribution in [0.5, 0.6) is 0 Å². The van der Waals surface area contributed by atoms with E-state index in [2.05, 4.69) is 20.8 Å². The van der Waals surface area contributed by atoms with Crippen LogP contribution in [-0.2, 0) is 0 Å². The van der Waals surface area contributed by atoms with Gasteiger partial charge in [0.2, 0.25) is 0 Å². The van der Waals surface area contributed by atoms with Crippen molar-refractivity contribution >= 4 is 0 Å². The Bertz CT molecular complexity index is 936. The Kier molecular flexibility index (Phi) is 1.62. The molecule has 0 amide bonds. The maximum Gasteiger partial charge on any atom is 0.347 e. The van der Waals surface area contributed by atoms with Crippen molar-refractivity contribution in [2.75, 3.05) is 0 Å². The van der Waals surface area contributed by atoms with Gasteiger partial charge in [0.1, 0.15) is 0 Å². The molecule has 4 bridgehead atoms. The van der Waals surface area contributed by atoms with E-state index in [9.17, 15) is 9.59 Å². The number of hydrogen-bond donors (Lipinski definition) is 0. The highest BCUT2D eigenvalue weighted by molar-refractivity contribution is 5.37. The minimum Gasteiger partial charge on any atom is -0.246 e. The van der Waals surface area contributed by atoms with Gasteiger partial charge in [0.15, 0.2) is 0 Å². The van der Waals surface area contributed by atoms with E-state index in [4.69, 9.17) is 0 Å². The highest BCUT2D eigenvalue weighted by Gasteiger charge is 2.90. The van der Waals surface area contributed by atoms with Crippen molar-refractivity contribution in [1.82, 2.24) is 13.9 Å². The Morgan fingerprint density at radius 3 is 1.76 bits per heavy atom. The second-order valence-electron chi connectivity index (χ2n) is 11.2. The van der Waals surface area contributed by atoms with Gasteiger partial charge in [-0.3, -0.25) is 0 Å². The summed E-state index contributed by atoms with van der Waals surface area (Å²) in [5, 5.41) is 0. The summed E-state index contributed by atoms with van der Waals surface area (Å²) in [5.41, 5.74) is 0.361. The first-order valence-corrected chi connectivity index (χ1v) is 10.3. The van der Waals surface area contributed by atoms with Crippen LogP contribution in [0, 0.1) is 52.3 Å². The Balaban J connectivity index is 1.36. The van der Waals surface area contributed by atoms with Crippen LogP contribution < -0.4 is 11.4 Å². The quantitative estimate of drug-likeness (QED) is 0.786. The van der Waals surface area contributed by atoms with Gasteiger partial charge in [0.05, 0.1) is 12.1 Å². The van der Waals surface area contributed by atoms with Crippen LogP contribution in [0.1, 0.15) is 58.2 Å². The van der Waals surface area contributed by atoms with Crippen molar-refractivity contribution in [3.63, 3.8) is 0 Å². The molecule has 132 valence electrons. The van der Waals surface area contributed by atoms with Crippen molar-refractivity contribution < 1.29 is 0 Å². The summed E-state index contributed by atoms with van der Waals surface area (Å²) >= 11 is 0. The largest absolute Gasteiger partial charge is 0.347 e. The van der Waals surface area contributed by atoms with Crippen LogP contribution in [0.4, 0.5) is 0 Å². The van der Waals surface area contributed by atoms with E-state index in [1.54, 1.807) is 4.57 Å². The van der Waals surface area contributed by atoms with Gasteiger partial charge in [-0.15, -0.1) is 0 Å². The molecule has 0 saturated heterocycles.